The highest BCUT2D eigenvalue weighted by Crippen LogP contribution is 2.21. The lowest BCUT2D eigenvalue weighted by Gasteiger charge is -2.26. The number of carbonyl (C=O) groups is 1. The Morgan fingerprint density at radius 1 is 1.55 bits per heavy atom. The van der Waals surface area contributed by atoms with Gasteiger partial charge in [-0.3, -0.25) is 9.20 Å². The monoisotopic (exact) mass is 323 g/mol. The van der Waals surface area contributed by atoms with Gasteiger partial charge in [-0.1, -0.05) is 13.8 Å². The lowest BCUT2D eigenvalue weighted by atomic mass is 9.87. The zero-order valence-corrected chi connectivity index (χ0v) is 14.5. The third-order valence-corrected chi connectivity index (χ3v) is 4.51. The van der Waals surface area contributed by atoms with E-state index in [0.29, 0.717) is 25.8 Å². The molecule has 6 heteroatoms. The van der Waals surface area contributed by atoms with Gasteiger partial charge in [0.05, 0.1) is 11.8 Å². The van der Waals surface area contributed by atoms with Crippen molar-refractivity contribution in [1.82, 2.24) is 14.7 Å². The molecule has 0 aliphatic rings. The third-order valence-electron chi connectivity index (χ3n) is 3.62. The molecule has 2 aromatic heterocycles. The van der Waals surface area contributed by atoms with Gasteiger partial charge in [0.2, 0.25) is 5.91 Å². The zero-order valence-electron chi connectivity index (χ0n) is 13.7. The molecule has 0 bridgehead atoms. The van der Waals surface area contributed by atoms with E-state index < -0.39 is 0 Å². The minimum atomic E-state index is -0.351. The number of nitrogens with zero attached hydrogens (tertiary/aromatic N) is 2. The summed E-state index contributed by atoms with van der Waals surface area (Å²) in [6.45, 7) is 8.44. The lowest BCUT2D eigenvalue weighted by Crippen LogP contribution is -2.35. The number of thiazole rings is 1. The summed E-state index contributed by atoms with van der Waals surface area (Å²) in [7, 11) is 0. The molecule has 122 valence electrons. The van der Waals surface area contributed by atoms with E-state index in [2.05, 4.69) is 33.9 Å². The van der Waals surface area contributed by atoms with Gasteiger partial charge < -0.3 is 10.4 Å². The summed E-state index contributed by atoms with van der Waals surface area (Å²) in [5.74, 6) is 0.0508. The summed E-state index contributed by atoms with van der Waals surface area (Å²) >= 11 is 1.60. The van der Waals surface area contributed by atoms with Crippen LogP contribution >= 0.6 is 11.3 Å². The molecule has 1 atom stereocenters. The van der Waals surface area contributed by atoms with Crippen molar-refractivity contribution < 1.29 is 9.90 Å². The number of hydrogen-bond acceptors (Lipinski definition) is 4. The number of aliphatic hydroxyl groups excluding tert-OH is 1. The van der Waals surface area contributed by atoms with Crippen molar-refractivity contribution in [3.63, 3.8) is 0 Å². The fourth-order valence-electron chi connectivity index (χ4n) is 2.66. The number of aromatic nitrogens is 2. The van der Waals surface area contributed by atoms with Crippen LogP contribution in [0.15, 0.2) is 11.6 Å². The highest BCUT2D eigenvalue weighted by atomic mass is 32.1. The smallest absolute Gasteiger partial charge is 0.220 e. The number of carbonyl (C=O) groups excluding carboxylic acids is 1. The predicted molar refractivity (Wildman–Crippen MR) is 89.2 cm³/mol. The number of aryl methyl sites for hydroxylation is 2. The predicted octanol–water partition coefficient (Wildman–Crippen LogP) is 2.55. The fourth-order valence-corrected chi connectivity index (χ4v) is 3.61. The standard InChI is InChI=1S/C16H25N3O2S/c1-11-8-19-13(9-22-15(19)18-11)5-6-14(21)17-10-16(3,4)7-12(2)20/h8-9,12,20H,5-7,10H2,1-4H3,(H,17,21). The molecule has 0 radical (unpaired) electrons. The van der Waals surface area contributed by atoms with Gasteiger partial charge in [0.15, 0.2) is 4.96 Å². The van der Waals surface area contributed by atoms with Gasteiger partial charge in [-0.2, -0.15) is 0 Å². The van der Waals surface area contributed by atoms with Crippen LogP contribution in [0.3, 0.4) is 0 Å². The van der Waals surface area contributed by atoms with E-state index >= 15 is 0 Å². The van der Waals surface area contributed by atoms with Gasteiger partial charge in [0, 0.05) is 30.2 Å². The molecule has 0 aromatic carbocycles. The maximum Gasteiger partial charge on any atom is 0.220 e. The molecule has 0 spiro atoms. The van der Waals surface area contributed by atoms with Crippen LogP contribution in [0.4, 0.5) is 0 Å². The van der Waals surface area contributed by atoms with Gasteiger partial charge in [-0.25, -0.2) is 4.98 Å². The molecule has 1 unspecified atom stereocenters. The fraction of sp³-hybridized carbons (Fsp3) is 0.625. The second kappa shape index (κ2) is 6.79. The Morgan fingerprint density at radius 3 is 2.95 bits per heavy atom. The van der Waals surface area contributed by atoms with Gasteiger partial charge in [0.25, 0.3) is 0 Å². The van der Waals surface area contributed by atoms with E-state index in [-0.39, 0.29) is 17.4 Å². The number of rotatable bonds is 7. The van der Waals surface area contributed by atoms with E-state index in [1.54, 1.807) is 18.3 Å². The molecular formula is C16H25N3O2S. The minimum absolute atomic E-state index is 0.0508. The van der Waals surface area contributed by atoms with Crippen LogP contribution in [0.2, 0.25) is 0 Å². The molecule has 0 fully saturated rings. The van der Waals surface area contributed by atoms with Crippen LogP contribution in [0.5, 0.6) is 0 Å². The number of nitrogens with one attached hydrogen (secondary N) is 1. The Balaban J connectivity index is 1.83. The first kappa shape index (κ1) is 17.0. The Kier molecular flexibility index (Phi) is 5.24. The maximum absolute atomic E-state index is 12.0. The van der Waals surface area contributed by atoms with E-state index in [1.807, 2.05) is 13.1 Å². The van der Waals surface area contributed by atoms with Crippen LogP contribution in [0.1, 0.15) is 45.0 Å². The first-order valence-corrected chi connectivity index (χ1v) is 8.52. The first-order chi connectivity index (χ1) is 10.3. The molecule has 2 rings (SSSR count). The zero-order chi connectivity index (χ0) is 16.3. The normalized spacial score (nSPS) is 13.5. The average Bonchev–Trinajstić information content (AvgIpc) is 2.92. The van der Waals surface area contributed by atoms with Crippen molar-refractivity contribution in [2.24, 2.45) is 5.41 Å². The molecule has 5 nitrogen and oxygen atoms in total. The highest BCUT2D eigenvalue weighted by molar-refractivity contribution is 7.15. The Bertz CT molecular complexity index is 643. The molecule has 0 aliphatic carbocycles. The van der Waals surface area contributed by atoms with Crippen LogP contribution < -0.4 is 5.32 Å². The molecule has 0 saturated carbocycles. The SMILES string of the molecule is Cc1cn2c(CCC(=O)NCC(C)(C)CC(C)O)csc2n1. The summed E-state index contributed by atoms with van der Waals surface area (Å²) in [6, 6.07) is 0. The van der Waals surface area contributed by atoms with Crippen molar-refractivity contribution in [1.29, 1.82) is 0 Å². The topological polar surface area (TPSA) is 66.6 Å². The number of hydrogen-bond donors (Lipinski definition) is 2. The van der Waals surface area contributed by atoms with E-state index in [1.165, 1.54) is 0 Å². The molecule has 0 saturated heterocycles. The molecular weight excluding hydrogens is 298 g/mol. The summed E-state index contributed by atoms with van der Waals surface area (Å²) in [6.07, 6.45) is 3.50. The Labute approximate surface area is 135 Å². The van der Waals surface area contributed by atoms with Crippen molar-refractivity contribution in [2.75, 3.05) is 6.54 Å². The van der Waals surface area contributed by atoms with Gasteiger partial charge >= 0.3 is 0 Å². The maximum atomic E-state index is 12.0. The van der Waals surface area contributed by atoms with E-state index in [0.717, 1.165) is 16.3 Å². The number of fused-ring (bicyclic) bond motifs is 1. The van der Waals surface area contributed by atoms with Gasteiger partial charge in [0.1, 0.15) is 0 Å². The lowest BCUT2D eigenvalue weighted by molar-refractivity contribution is -0.121. The van der Waals surface area contributed by atoms with Crippen molar-refractivity contribution in [3.05, 3.63) is 23.0 Å². The van der Waals surface area contributed by atoms with Crippen molar-refractivity contribution in [2.45, 2.75) is 53.1 Å². The van der Waals surface area contributed by atoms with Crippen molar-refractivity contribution in [3.8, 4) is 0 Å². The summed E-state index contributed by atoms with van der Waals surface area (Å²) in [5, 5.41) is 14.5. The van der Waals surface area contributed by atoms with Crippen LogP contribution in [0.25, 0.3) is 4.96 Å². The molecule has 2 aromatic rings. The molecule has 2 heterocycles. The molecule has 2 N–H and O–H groups in total. The van der Waals surface area contributed by atoms with Gasteiger partial charge in [-0.05, 0) is 32.1 Å². The van der Waals surface area contributed by atoms with E-state index in [9.17, 15) is 9.90 Å². The minimum Gasteiger partial charge on any atom is -0.393 e. The van der Waals surface area contributed by atoms with Crippen LogP contribution in [-0.4, -0.2) is 33.0 Å². The number of aliphatic hydroxyl groups is 1. The largest absolute Gasteiger partial charge is 0.393 e. The van der Waals surface area contributed by atoms with Crippen LogP contribution in [-0.2, 0) is 11.2 Å². The average molecular weight is 323 g/mol. The van der Waals surface area contributed by atoms with Crippen LogP contribution in [0, 0.1) is 12.3 Å². The summed E-state index contributed by atoms with van der Waals surface area (Å²) < 4.78 is 2.06. The Morgan fingerprint density at radius 2 is 2.27 bits per heavy atom. The quantitative estimate of drug-likeness (QED) is 0.823. The molecule has 1 amide bonds. The molecule has 0 aliphatic heterocycles. The first-order valence-electron chi connectivity index (χ1n) is 7.64. The second-order valence-corrected chi connectivity index (χ2v) is 7.59. The summed E-state index contributed by atoms with van der Waals surface area (Å²) in [5.41, 5.74) is 2.03. The van der Waals surface area contributed by atoms with Crippen molar-refractivity contribution >= 4 is 22.2 Å². The number of amides is 1. The van der Waals surface area contributed by atoms with E-state index in [4.69, 9.17) is 0 Å². The summed E-state index contributed by atoms with van der Waals surface area (Å²) in [4.78, 5) is 17.4. The van der Waals surface area contributed by atoms with Gasteiger partial charge in [-0.15, -0.1) is 11.3 Å². The Hall–Kier alpha value is -1.40. The highest BCUT2D eigenvalue weighted by Gasteiger charge is 2.21. The number of imidazole rings is 1. The second-order valence-electron chi connectivity index (χ2n) is 6.76. The molecule has 22 heavy (non-hydrogen) atoms. The third kappa shape index (κ3) is 4.55.